The fourth-order valence-corrected chi connectivity index (χ4v) is 1.88. The van der Waals surface area contributed by atoms with E-state index in [1.54, 1.807) is 0 Å². The van der Waals surface area contributed by atoms with Crippen LogP contribution < -0.4 is 11.3 Å². The van der Waals surface area contributed by atoms with Gasteiger partial charge in [-0.3, -0.25) is 11.3 Å². The standard InChI is InChI=1S/C14H24N2/c1-10(2)9-14(16-15)13-7-5-12(6-8-13)11(3)4/h5-8,10-11,14,16H,9,15H2,1-4H3. The Morgan fingerprint density at radius 2 is 1.50 bits per heavy atom. The molecule has 1 aromatic carbocycles. The second-order valence-corrected chi connectivity index (χ2v) is 5.17. The van der Waals surface area contributed by atoms with Gasteiger partial charge < -0.3 is 0 Å². The Kier molecular flexibility index (Phi) is 4.97. The summed E-state index contributed by atoms with van der Waals surface area (Å²) in [4.78, 5) is 0. The van der Waals surface area contributed by atoms with Crippen LogP contribution in [0.5, 0.6) is 0 Å². The fourth-order valence-electron chi connectivity index (χ4n) is 1.88. The lowest BCUT2D eigenvalue weighted by molar-refractivity contribution is 0.438. The quantitative estimate of drug-likeness (QED) is 0.590. The first-order chi connectivity index (χ1) is 7.54. The average molecular weight is 220 g/mol. The molecule has 90 valence electrons. The second-order valence-electron chi connectivity index (χ2n) is 5.17. The van der Waals surface area contributed by atoms with Crippen molar-refractivity contribution in [1.29, 1.82) is 0 Å². The van der Waals surface area contributed by atoms with Crippen molar-refractivity contribution in [2.75, 3.05) is 0 Å². The van der Waals surface area contributed by atoms with E-state index in [9.17, 15) is 0 Å². The predicted octanol–water partition coefficient (Wildman–Crippen LogP) is 3.36. The molecule has 1 unspecified atom stereocenters. The maximum atomic E-state index is 5.60. The average Bonchev–Trinajstić information content (AvgIpc) is 2.25. The van der Waals surface area contributed by atoms with E-state index in [0.29, 0.717) is 11.8 Å². The van der Waals surface area contributed by atoms with Gasteiger partial charge in [0.15, 0.2) is 0 Å². The SMILES string of the molecule is CC(C)CC(NN)c1ccc(C(C)C)cc1. The van der Waals surface area contributed by atoms with Crippen molar-refractivity contribution >= 4 is 0 Å². The van der Waals surface area contributed by atoms with Crippen LogP contribution in [0.15, 0.2) is 24.3 Å². The van der Waals surface area contributed by atoms with Crippen LogP contribution in [-0.2, 0) is 0 Å². The Labute approximate surface area is 99.2 Å². The first kappa shape index (κ1) is 13.2. The van der Waals surface area contributed by atoms with Crippen molar-refractivity contribution < 1.29 is 0 Å². The van der Waals surface area contributed by atoms with E-state index < -0.39 is 0 Å². The summed E-state index contributed by atoms with van der Waals surface area (Å²) in [7, 11) is 0. The van der Waals surface area contributed by atoms with E-state index in [0.717, 1.165) is 6.42 Å². The summed E-state index contributed by atoms with van der Waals surface area (Å²) in [6.45, 7) is 8.85. The van der Waals surface area contributed by atoms with Crippen LogP contribution in [0, 0.1) is 5.92 Å². The van der Waals surface area contributed by atoms with Gasteiger partial charge in [-0.15, -0.1) is 0 Å². The lowest BCUT2D eigenvalue weighted by Gasteiger charge is -2.19. The molecule has 1 atom stereocenters. The highest BCUT2D eigenvalue weighted by Gasteiger charge is 2.11. The van der Waals surface area contributed by atoms with E-state index in [1.165, 1.54) is 11.1 Å². The molecule has 1 aromatic rings. The molecule has 3 N–H and O–H groups in total. The Bertz CT molecular complexity index is 301. The molecule has 0 aliphatic rings. The summed E-state index contributed by atoms with van der Waals surface area (Å²) in [6.07, 6.45) is 1.07. The fraction of sp³-hybridized carbons (Fsp3) is 0.571. The zero-order valence-corrected chi connectivity index (χ0v) is 10.8. The summed E-state index contributed by atoms with van der Waals surface area (Å²) in [5.41, 5.74) is 5.56. The summed E-state index contributed by atoms with van der Waals surface area (Å²) in [6, 6.07) is 9.03. The molecule has 0 radical (unpaired) electrons. The first-order valence-corrected chi connectivity index (χ1v) is 6.10. The van der Waals surface area contributed by atoms with Gasteiger partial charge in [-0.1, -0.05) is 52.0 Å². The number of hydrogen-bond acceptors (Lipinski definition) is 2. The van der Waals surface area contributed by atoms with E-state index in [-0.39, 0.29) is 6.04 Å². The molecular weight excluding hydrogens is 196 g/mol. The minimum absolute atomic E-state index is 0.265. The van der Waals surface area contributed by atoms with Crippen LogP contribution in [0.25, 0.3) is 0 Å². The molecule has 0 aliphatic heterocycles. The molecule has 0 spiro atoms. The van der Waals surface area contributed by atoms with Crippen LogP contribution in [0.3, 0.4) is 0 Å². The van der Waals surface area contributed by atoms with E-state index in [1.807, 2.05) is 0 Å². The highest BCUT2D eigenvalue weighted by Crippen LogP contribution is 2.22. The van der Waals surface area contributed by atoms with E-state index >= 15 is 0 Å². The summed E-state index contributed by atoms with van der Waals surface area (Å²) >= 11 is 0. The Hall–Kier alpha value is -0.860. The van der Waals surface area contributed by atoms with Gasteiger partial charge in [0, 0.05) is 6.04 Å². The van der Waals surface area contributed by atoms with Crippen LogP contribution >= 0.6 is 0 Å². The Balaban J connectivity index is 2.78. The van der Waals surface area contributed by atoms with Gasteiger partial charge in [0.25, 0.3) is 0 Å². The molecule has 2 nitrogen and oxygen atoms in total. The number of nitrogens with one attached hydrogen (secondary N) is 1. The third-order valence-corrected chi connectivity index (χ3v) is 2.91. The number of benzene rings is 1. The zero-order valence-electron chi connectivity index (χ0n) is 10.8. The summed E-state index contributed by atoms with van der Waals surface area (Å²) < 4.78 is 0. The molecule has 0 fully saturated rings. The number of nitrogens with two attached hydrogens (primary N) is 1. The van der Waals surface area contributed by atoms with E-state index in [4.69, 9.17) is 5.84 Å². The lowest BCUT2D eigenvalue weighted by Crippen LogP contribution is -2.29. The Morgan fingerprint density at radius 1 is 1.00 bits per heavy atom. The lowest BCUT2D eigenvalue weighted by atomic mass is 9.95. The van der Waals surface area contributed by atoms with Crippen molar-refractivity contribution in [3.05, 3.63) is 35.4 Å². The van der Waals surface area contributed by atoms with Crippen molar-refractivity contribution in [3.8, 4) is 0 Å². The molecule has 0 aromatic heterocycles. The first-order valence-electron chi connectivity index (χ1n) is 6.10. The van der Waals surface area contributed by atoms with Crippen LogP contribution in [0.1, 0.15) is 57.2 Å². The normalized spacial score (nSPS) is 13.4. The van der Waals surface area contributed by atoms with Crippen LogP contribution in [0.2, 0.25) is 0 Å². The highest BCUT2D eigenvalue weighted by molar-refractivity contribution is 5.26. The van der Waals surface area contributed by atoms with Crippen molar-refractivity contribution in [3.63, 3.8) is 0 Å². The maximum absolute atomic E-state index is 5.60. The topological polar surface area (TPSA) is 38.0 Å². The van der Waals surface area contributed by atoms with Gasteiger partial charge in [0.05, 0.1) is 0 Å². The molecule has 0 saturated heterocycles. The molecule has 0 saturated carbocycles. The van der Waals surface area contributed by atoms with Gasteiger partial charge in [-0.2, -0.15) is 0 Å². The van der Waals surface area contributed by atoms with E-state index in [2.05, 4.69) is 57.4 Å². The van der Waals surface area contributed by atoms with Gasteiger partial charge >= 0.3 is 0 Å². The van der Waals surface area contributed by atoms with Crippen molar-refractivity contribution in [2.45, 2.75) is 46.1 Å². The Morgan fingerprint density at radius 3 is 1.88 bits per heavy atom. The molecule has 0 heterocycles. The third-order valence-electron chi connectivity index (χ3n) is 2.91. The van der Waals surface area contributed by atoms with Crippen LogP contribution in [0.4, 0.5) is 0 Å². The minimum Gasteiger partial charge on any atom is -0.271 e. The number of hydrazine groups is 1. The summed E-state index contributed by atoms with van der Waals surface area (Å²) in [5, 5.41) is 0. The second kappa shape index (κ2) is 6.02. The third kappa shape index (κ3) is 3.62. The molecule has 2 heteroatoms. The molecule has 1 rings (SSSR count). The maximum Gasteiger partial charge on any atom is 0.0462 e. The van der Waals surface area contributed by atoms with Crippen molar-refractivity contribution in [1.82, 2.24) is 5.43 Å². The molecule has 16 heavy (non-hydrogen) atoms. The predicted molar refractivity (Wildman–Crippen MR) is 70.1 cm³/mol. The van der Waals surface area contributed by atoms with Crippen LogP contribution in [-0.4, -0.2) is 0 Å². The monoisotopic (exact) mass is 220 g/mol. The molecule has 0 aliphatic carbocycles. The van der Waals surface area contributed by atoms with Crippen molar-refractivity contribution in [2.24, 2.45) is 11.8 Å². The zero-order chi connectivity index (χ0) is 12.1. The molecular formula is C14H24N2. The van der Waals surface area contributed by atoms with Gasteiger partial charge in [0.1, 0.15) is 0 Å². The number of hydrogen-bond donors (Lipinski definition) is 2. The van der Waals surface area contributed by atoms with Gasteiger partial charge in [-0.05, 0) is 29.4 Å². The number of rotatable bonds is 5. The smallest absolute Gasteiger partial charge is 0.0462 e. The van der Waals surface area contributed by atoms with Gasteiger partial charge in [0.2, 0.25) is 0 Å². The molecule has 0 amide bonds. The largest absolute Gasteiger partial charge is 0.271 e. The summed E-state index contributed by atoms with van der Waals surface area (Å²) in [5.74, 6) is 6.83. The minimum atomic E-state index is 0.265. The molecule has 0 bridgehead atoms. The van der Waals surface area contributed by atoms with Gasteiger partial charge in [-0.25, -0.2) is 0 Å². The highest BCUT2D eigenvalue weighted by atomic mass is 15.2.